The van der Waals surface area contributed by atoms with E-state index in [-0.39, 0.29) is 16.4 Å². The highest BCUT2D eigenvalue weighted by molar-refractivity contribution is 7.92. The zero-order valence-electron chi connectivity index (χ0n) is 9.04. The highest BCUT2D eigenvalue weighted by Crippen LogP contribution is 2.23. The summed E-state index contributed by atoms with van der Waals surface area (Å²) >= 11 is 5.71. The molecular weight excluding hydrogens is 276 g/mol. The number of hydrogen-bond acceptors (Lipinski definition) is 5. The lowest BCUT2D eigenvalue weighted by Gasteiger charge is -2.08. The van der Waals surface area contributed by atoms with E-state index in [2.05, 4.69) is 14.9 Å². The van der Waals surface area contributed by atoms with Gasteiger partial charge >= 0.3 is 0 Å². The van der Waals surface area contributed by atoms with E-state index in [4.69, 9.17) is 17.3 Å². The van der Waals surface area contributed by atoms with Gasteiger partial charge in [-0.2, -0.15) is 5.10 Å². The third-order valence-corrected chi connectivity index (χ3v) is 3.74. The van der Waals surface area contributed by atoms with E-state index in [0.29, 0.717) is 5.02 Å². The maximum Gasteiger partial charge on any atom is 0.265 e. The van der Waals surface area contributed by atoms with Crippen molar-refractivity contribution >= 4 is 33.1 Å². The van der Waals surface area contributed by atoms with Gasteiger partial charge in [0.25, 0.3) is 10.0 Å². The van der Waals surface area contributed by atoms with Gasteiger partial charge in [0, 0.05) is 11.2 Å². The molecular formula is C10H9ClN4O2S. The Bertz CT molecular complexity index is 661. The molecule has 1 aromatic carbocycles. The van der Waals surface area contributed by atoms with Crippen molar-refractivity contribution in [3.63, 3.8) is 0 Å². The summed E-state index contributed by atoms with van der Waals surface area (Å²) in [7, 11) is -3.80. The fourth-order valence-corrected chi connectivity index (χ4v) is 2.60. The molecule has 0 fully saturated rings. The lowest BCUT2D eigenvalue weighted by atomic mass is 10.3. The Hall–Kier alpha value is -1.86. The zero-order chi connectivity index (χ0) is 13.2. The van der Waals surface area contributed by atoms with Crippen molar-refractivity contribution in [1.82, 2.24) is 10.2 Å². The highest BCUT2D eigenvalue weighted by atomic mass is 35.5. The zero-order valence-corrected chi connectivity index (χ0v) is 10.6. The van der Waals surface area contributed by atoms with Crippen LogP contribution in [0.15, 0.2) is 41.4 Å². The number of rotatable bonds is 3. The van der Waals surface area contributed by atoms with Gasteiger partial charge in [-0.05, 0) is 30.3 Å². The number of nitrogens with one attached hydrogen (secondary N) is 1. The van der Waals surface area contributed by atoms with Crippen molar-refractivity contribution in [2.75, 3.05) is 10.5 Å². The van der Waals surface area contributed by atoms with E-state index in [9.17, 15) is 8.42 Å². The van der Waals surface area contributed by atoms with E-state index in [1.165, 1.54) is 30.5 Å². The summed E-state index contributed by atoms with van der Waals surface area (Å²) in [4.78, 5) is -0.0578. The van der Waals surface area contributed by atoms with Gasteiger partial charge in [-0.3, -0.25) is 4.72 Å². The Morgan fingerprint density at radius 2 is 2.06 bits per heavy atom. The van der Waals surface area contributed by atoms with Crippen LogP contribution in [0.25, 0.3) is 0 Å². The van der Waals surface area contributed by atoms with Crippen LogP contribution in [0.5, 0.6) is 0 Å². The van der Waals surface area contributed by atoms with Gasteiger partial charge in [0.2, 0.25) is 0 Å². The standard InChI is InChI=1S/C10H9ClN4O2S/c11-7-3-4-9(8(12)6-7)18(16,17)15-10-2-1-5-13-14-10/h1-6H,12H2,(H,14,15). The minimum Gasteiger partial charge on any atom is -0.398 e. The van der Waals surface area contributed by atoms with Crippen molar-refractivity contribution in [2.45, 2.75) is 4.90 Å². The predicted octanol–water partition coefficient (Wildman–Crippen LogP) is 1.51. The number of anilines is 2. The number of nitrogens with two attached hydrogens (primary N) is 1. The Kier molecular flexibility index (Phi) is 3.35. The van der Waals surface area contributed by atoms with Crippen LogP contribution in [0.3, 0.4) is 0 Å². The number of halogens is 1. The average Bonchev–Trinajstić information content (AvgIpc) is 2.29. The topological polar surface area (TPSA) is 98.0 Å². The molecule has 8 heteroatoms. The Morgan fingerprint density at radius 3 is 2.67 bits per heavy atom. The second-order valence-corrected chi connectivity index (χ2v) is 5.48. The van der Waals surface area contributed by atoms with E-state index in [1.807, 2.05) is 0 Å². The first kappa shape index (κ1) is 12.6. The van der Waals surface area contributed by atoms with Crippen LogP contribution in [0, 0.1) is 0 Å². The molecule has 0 aliphatic heterocycles. The molecule has 0 spiro atoms. The molecule has 1 aromatic heterocycles. The molecule has 0 saturated carbocycles. The first-order valence-electron chi connectivity index (χ1n) is 4.84. The number of nitrogens with zero attached hydrogens (tertiary/aromatic N) is 2. The van der Waals surface area contributed by atoms with Gasteiger partial charge in [0.15, 0.2) is 5.82 Å². The number of benzene rings is 1. The predicted molar refractivity (Wildman–Crippen MR) is 68.7 cm³/mol. The van der Waals surface area contributed by atoms with Gasteiger partial charge in [0.1, 0.15) is 4.90 Å². The molecule has 0 bridgehead atoms. The Labute approximate surface area is 109 Å². The molecule has 0 atom stereocenters. The maximum absolute atomic E-state index is 12.0. The summed E-state index contributed by atoms with van der Waals surface area (Å²) in [6, 6.07) is 7.19. The number of aromatic nitrogens is 2. The third kappa shape index (κ3) is 2.69. The second kappa shape index (κ2) is 4.79. The van der Waals surface area contributed by atoms with Crippen molar-refractivity contribution in [1.29, 1.82) is 0 Å². The molecule has 0 radical (unpaired) electrons. The summed E-state index contributed by atoms with van der Waals surface area (Å²) in [5, 5.41) is 7.57. The monoisotopic (exact) mass is 284 g/mol. The minimum atomic E-state index is -3.80. The average molecular weight is 285 g/mol. The molecule has 3 N–H and O–H groups in total. The lowest BCUT2D eigenvalue weighted by molar-refractivity contribution is 0.601. The highest BCUT2D eigenvalue weighted by Gasteiger charge is 2.18. The van der Waals surface area contributed by atoms with Crippen LogP contribution in [0.2, 0.25) is 5.02 Å². The van der Waals surface area contributed by atoms with Crippen LogP contribution in [-0.4, -0.2) is 18.6 Å². The molecule has 0 aliphatic carbocycles. The fraction of sp³-hybridized carbons (Fsp3) is 0. The van der Waals surface area contributed by atoms with Crippen LogP contribution in [-0.2, 0) is 10.0 Å². The number of nitrogen functional groups attached to an aromatic ring is 1. The van der Waals surface area contributed by atoms with Gasteiger partial charge in [0.05, 0.1) is 5.69 Å². The van der Waals surface area contributed by atoms with Gasteiger partial charge in [-0.1, -0.05) is 11.6 Å². The van der Waals surface area contributed by atoms with Gasteiger partial charge in [-0.15, -0.1) is 5.10 Å². The van der Waals surface area contributed by atoms with E-state index in [1.54, 1.807) is 6.07 Å². The summed E-state index contributed by atoms with van der Waals surface area (Å²) in [6.07, 6.45) is 1.44. The number of hydrogen-bond donors (Lipinski definition) is 2. The first-order valence-corrected chi connectivity index (χ1v) is 6.71. The quantitative estimate of drug-likeness (QED) is 0.833. The van der Waals surface area contributed by atoms with Crippen molar-refractivity contribution in [2.24, 2.45) is 0 Å². The molecule has 2 aromatic rings. The van der Waals surface area contributed by atoms with Crippen LogP contribution < -0.4 is 10.5 Å². The summed E-state index contributed by atoms with van der Waals surface area (Å²) < 4.78 is 26.3. The van der Waals surface area contributed by atoms with Crippen molar-refractivity contribution < 1.29 is 8.42 Å². The van der Waals surface area contributed by atoms with Gasteiger partial charge in [-0.25, -0.2) is 8.42 Å². The first-order chi connectivity index (χ1) is 8.49. The van der Waals surface area contributed by atoms with Crippen molar-refractivity contribution in [3.05, 3.63) is 41.6 Å². The number of sulfonamides is 1. The second-order valence-electron chi connectivity index (χ2n) is 3.40. The van der Waals surface area contributed by atoms with Crippen LogP contribution >= 0.6 is 11.6 Å². The SMILES string of the molecule is Nc1cc(Cl)ccc1S(=O)(=O)Nc1cccnn1. The summed E-state index contributed by atoms with van der Waals surface area (Å²) in [5.41, 5.74) is 5.69. The van der Waals surface area contributed by atoms with Gasteiger partial charge < -0.3 is 5.73 Å². The molecule has 0 unspecified atom stereocenters. The molecule has 1 heterocycles. The Balaban J connectivity index is 2.37. The molecule has 2 rings (SSSR count). The normalized spacial score (nSPS) is 11.2. The summed E-state index contributed by atoms with van der Waals surface area (Å²) in [5.74, 6) is 0.117. The minimum absolute atomic E-state index is 0.0578. The Morgan fingerprint density at radius 1 is 1.28 bits per heavy atom. The molecule has 0 saturated heterocycles. The maximum atomic E-state index is 12.0. The smallest absolute Gasteiger partial charge is 0.265 e. The van der Waals surface area contributed by atoms with Crippen molar-refractivity contribution in [3.8, 4) is 0 Å². The fourth-order valence-electron chi connectivity index (χ4n) is 1.31. The molecule has 18 heavy (non-hydrogen) atoms. The van der Waals surface area contributed by atoms with E-state index >= 15 is 0 Å². The summed E-state index contributed by atoms with van der Waals surface area (Å²) in [6.45, 7) is 0. The molecule has 6 nitrogen and oxygen atoms in total. The third-order valence-electron chi connectivity index (χ3n) is 2.07. The lowest BCUT2D eigenvalue weighted by Crippen LogP contribution is -2.15. The largest absolute Gasteiger partial charge is 0.398 e. The van der Waals surface area contributed by atoms with Crippen LogP contribution in [0.1, 0.15) is 0 Å². The molecule has 0 amide bonds. The molecule has 0 aliphatic rings. The van der Waals surface area contributed by atoms with E-state index in [0.717, 1.165) is 0 Å². The van der Waals surface area contributed by atoms with Crippen LogP contribution in [0.4, 0.5) is 11.5 Å². The van der Waals surface area contributed by atoms with E-state index < -0.39 is 10.0 Å². The molecule has 94 valence electrons.